The lowest BCUT2D eigenvalue weighted by atomic mass is 11.7. The molecule has 0 aliphatic carbocycles. The van der Waals surface area contributed by atoms with Gasteiger partial charge >= 0.3 is 0 Å². The molecule has 0 bridgehead atoms. The standard InChI is InChI=1S/C7H22O3Si3/c1-11-10-13(4,5)7-9-12(2,3)6-8/h8H,6-7,11H2,1-5H3. The minimum atomic E-state index is -1.79. The van der Waals surface area contributed by atoms with Crippen LogP contribution in [0, 0.1) is 0 Å². The van der Waals surface area contributed by atoms with Gasteiger partial charge in [0.25, 0.3) is 0 Å². The normalized spacial score (nSPS) is 14.3. The molecule has 0 aliphatic heterocycles. The Morgan fingerprint density at radius 2 is 1.69 bits per heavy atom. The molecule has 0 unspecified atom stereocenters. The van der Waals surface area contributed by atoms with Crippen LogP contribution in [0.3, 0.4) is 0 Å². The van der Waals surface area contributed by atoms with E-state index in [1.54, 1.807) is 0 Å². The highest BCUT2D eigenvalue weighted by Gasteiger charge is 2.28. The summed E-state index contributed by atoms with van der Waals surface area (Å²) in [4.78, 5) is 0. The zero-order valence-electron chi connectivity index (χ0n) is 9.39. The van der Waals surface area contributed by atoms with Crippen molar-refractivity contribution in [2.24, 2.45) is 0 Å². The van der Waals surface area contributed by atoms with E-state index in [1.165, 1.54) is 0 Å². The second-order valence-electron chi connectivity index (χ2n) is 4.40. The van der Waals surface area contributed by atoms with Crippen molar-refractivity contribution in [1.82, 2.24) is 0 Å². The van der Waals surface area contributed by atoms with Crippen molar-refractivity contribution in [3.8, 4) is 0 Å². The Hall–Kier alpha value is 0.531. The average molecular weight is 239 g/mol. The summed E-state index contributed by atoms with van der Waals surface area (Å²) >= 11 is 0. The van der Waals surface area contributed by atoms with E-state index >= 15 is 0 Å². The molecule has 0 fully saturated rings. The van der Waals surface area contributed by atoms with Crippen LogP contribution in [0.4, 0.5) is 0 Å². The predicted molar refractivity (Wildman–Crippen MR) is 63.5 cm³/mol. The summed E-state index contributed by atoms with van der Waals surface area (Å²) in [7, 11) is -3.68. The summed E-state index contributed by atoms with van der Waals surface area (Å²) in [5, 5.41) is 9.04. The predicted octanol–water partition coefficient (Wildman–Crippen LogP) is 0.632. The van der Waals surface area contributed by atoms with Gasteiger partial charge in [0.1, 0.15) is 9.76 Å². The van der Waals surface area contributed by atoms with Gasteiger partial charge in [-0.05, 0) is 26.2 Å². The van der Waals surface area contributed by atoms with Gasteiger partial charge in [-0.3, -0.25) is 0 Å². The van der Waals surface area contributed by atoms with E-state index in [-0.39, 0.29) is 16.0 Å². The van der Waals surface area contributed by atoms with Gasteiger partial charge in [-0.2, -0.15) is 0 Å². The van der Waals surface area contributed by atoms with Gasteiger partial charge in [0.05, 0.1) is 12.5 Å². The number of rotatable bonds is 6. The van der Waals surface area contributed by atoms with Gasteiger partial charge in [-0.1, -0.05) is 6.55 Å². The summed E-state index contributed by atoms with van der Waals surface area (Å²) in [6, 6.07) is 0. The second kappa shape index (κ2) is 5.42. The molecule has 0 amide bonds. The van der Waals surface area contributed by atoms with Crippen molar-refractivity contribution < 1.29 is 13.6 Å². The van der Waals surface area contributed by atoms with Gasteiger partial charge in [-0.25, -0.2) is 0 Å². The number of hydrogen-bond donors (Lipinski definition) is 1. The third-order valence-corrected chi connectivity index (χ3v) is 8.82. The summed E-state index contributed by atoms with van der Waals surface area (Å²) in [6.45, 7) is 10.5. The smallest absolute Gasteiger partial charge is 0.211 e. The highest BCUT2D eigenvalue weighted by atomic mass is 28.4. The topological polar surface area (TPSA) is 38.7 Å². The van der Waals surface area contributed by atoms with E-state index in [4.69, 9.17) is 13.6 Å². The van der Waals surface area contributed by atoms with Gasteiger partial charge in [0, 0.05) is 0 Å². The first kappa shape index (κ1) is 13.5. The zero-order chi connectivity index (χ0) is 10.5. The van der Waals surface area contributed by atoms with Gasteiger partial charge < -0.3 is 13.6 Å². The lowest BCUT2D eigenvalue weighted by Crippen LogP contribution is -2.45. The van der Waals surface area contributed by atoms with E-state index in [2.05, 4.69) is 19.6 Å². The lowest BCUT2D eigenvalue weighted by Gasteiger charge is -2.28. The minimum Gasteiger partial charge on any atom is -0.459 e. The fourth-order valence-corrected chi connectivity index (χ4v) is 7.35. The molecule has 0 aromatic heterocycles. The molecular formula is C7H22O3Si3. The number of hydrogen-bond acceptors (Lipinski definition) is 3. The Balaban J connectivity index is 3.86. The van der Waals surface area contributed by atoms with E-state index in [9.17, 15) is 0 Å². The van der Waals surface area contributed by atoms with Crippen LogP contribution in [0.25, 0.3) is 0 Å². The van der Waals surface area contributed by atoms with Crippen LogP contribution in [0.2, 0.25) is 32.7 Å². The van der Waals surface area contributed by atoms with E-state index in [0.29, 0.717) is 0 Å². The van der Waals surface area contributed by atoms with Crippen molar-refractivity contribution >= 4 is 26.4 Å². The maximum Gasteiger partial charge on any atom is 0.211 e. The van der Waals surface area contributed by atoms with Crippen LogP contribution in [-0.4, -0.2) is 44.0 Å². The summed E-state index contributed by atoms with van der Waals surface area (Å²) < 4.78 is 11.5. The van der Waals surface area contributed by atoms with Crippen LogP contribution in [0.5, 0.6) is 0 Å². The van der Waals surface area contributed by atoms with Crippen molar-refractivity contribution in [2.45, 2.75) is 32.7 Å². The largest absolute Gasteiger partial charge is 0.459 e. The highest BCUT2D eigenvalue weighted by molar-refractivity contribution is 6.77. The van der Waals surface area contributed by atoms with Crippen LogP contribution >= 0.6 is 0 Å². The Bertz CT molecular complexity index is 150. The van der Waals surface area contributed by atoms with E-state index in [1.807, 2.05) is 13.1 Å². The summed E-state index contributed by atoms with van der Waals surface area (Å²) in [5.41, 5.74) is 0. The molecule has 6 heteroatoms. The van der Waals surface area contributed by atoms with E-state index < -0.39 is 16.6 Å². The molecule has 0 aliphatic rings. The van der Waals surface area contributed by atoms with Gasteiger partial charge in [-0.15, -0.1) is 0 Å². The lowest BCUT2D eigenvalue weighted by molar-refractivity contribution is 0.285. The molecule has 13 heavy (non-hydrogen) atoms. The highest BCUT2D eigenvalue weighted by Crippen LogP contribution is 2.09. The SMILES string of the molecule is C[SiH2]O[Si](C)(C)CO[Si](C)(C)CO. The Labute approximate surface area is 85.7 Å². The van der Waals surface area contributed by atoms with Crippen molar-refractivity contribution in [2.75, 3.05) is 12.5 Å². The minimum absolute atomic E-state index is 0.195. The first-order valence-electron chi connectivity index (χ1n) is 4.72. The monoisotopic (exact) mass is 238 g/mol. The molecule has 0 spiro atoms. The molecule has 0 saturated heterocycles. The second-order valence-corrected chi connectivity index (χ2v) is 14.1. The maximum absolute atomic E-state index is 9.04. The molecule has 0 saturated carbocycles. The molecular weight excluding hydrogens is 216 g/mol. The molecule has 0 rings (SSSR count). The average Bonchev–Trinajstić information content (AvgIpc) is 2.02. The third-order valence-electron chi connectivity index (χ3n) is 1.73. The van der Waals surface area contributed by atoms with Crippen molar-refractivity contribution in [3.63, 3.8) is 0 Å². The van der Waals surface area contributed by atoms with Gasteiger partial charge in [0.15, 0.2) is 8.32 Å². The van der Waals surface area contributed by atoms with E-state index in [0.717, 1.165) is 6.23 Å². The molecule has 0 aromatic rings. The fourth-order valence-electron chi connectivity index (χ4n) is 0.847. The van der Waals surface area contributed by atoms with Crippen molar-refractivity contribution in [1.29, 1.82) is 0 Å². The first-order valence-corrected chi connectivity index (χ1v) is 12.9. The van der Waals surface area contributed by atoms with Crippen LogP contribution in [0.15, 0.2) is 0 Å². The van der Waals surface area contributed by atoms with Crippen LogP contribution < -0.4 is 0 Å². The third kappa shape index (κ3) is 6.58. The van der Waals surface area contributed by atoms with Crippen molar-refractivity contribution in [3.05, 3.63) is 0 Å². The summed E-state index contributed by atoms with van der Waals surface area (Å²) in [5.74, 6) is 0. The molecule has 3 nitrogen and oxygen atoms in total. The van der Waals surface area contributed by atoms with Gasteiger partial charge in [0.2, 0.25) is 8.32 Å². The molecule has 0 radical (unpaired) electrons. The number of aliphatic hydroxyl groups is 1. The first-order chi connectivity index (χ1) is 5.83. The Morgan fingerprint density at radius 1 is 1.15 bits per heavy atom. The maximum atomic E-state index is 9.04. The molecule has 0 heterocycles. The zero-order valence-corrected chi connectivity index (χ0v) is 12.8. The molecule has 0 atom stereocenters. The molecule has 80 valence electrons. The quantitative estimate of drug-likeness (QED) is 0.690. The molecule has 1 N–H and O–H groups in total. The Kier molecular flexibility index (Phi) is 5.64. The Morgan fingerprint density at radius 3 is 2.08 bits per heavy atom. The number of aliphatic hydroxyl groups excluding tert-OH is 1. The van der Waals surface area contributed by atoms with Crippen LogP contribution in [0.1, 0.15) is 0 Å². The van der Waals surface area contributed by atoms with Crippen LogP contribution in [-0.2, 0) is 8.54 Å². The molecule has 0 aromatic carbocycles. The fraction of sp³-hybridized carbons (Fsp3) is 1.00. The summed E-state index contributed by atoms with van der Waals surface area (Å²) in [6.07, 6.45) is 0.925.